The minimum absolute atomic E-state index is 0.0394. The molecule has 0 aliphatic carbocycles. The summed E-state index contributed by atoms with van der Waals surface area (Å²) in [6.45, 7) is 5.87. The number of rotatable bonds is 5. The van der Waals surface area contributed by atoms with Crippen LogP contribution in [0.15, 0.2) is 48.5 Å². The predicted octanol–water partition coefficient (Wildman–Crippen LogP) is 3.29. The molecule has 23 heavy (non-hydrogen) atoms. The van der Waals surface area contributed by atoms with Crippen LogP contribution >= 0.6 is 0 Å². The lowest BCUT2D eigenvalue weighted by Gasteiger charge is -2.27. The molecular formula is C19H21NO3. The standard InChI is InChI=1S/C19H21NO3/c1-13-7-6-9-15(11-13)19(2,3)20-17(21)12-14-8-4-5-10-16(14)18(22)23/h4-11H,12H2,1-3H3,(H,20,21)(H,22,23). The predicted molar refractivity (Wildman–Crippen MR) is 89.5 cm³/mol. The molecule has 2 N–H and O–H groups in total. The van der Waals surface area contributed by atoms with E-state index in [1.807, 2.05) is 45.0 Å². The summed E-state index contributed by atoms with van der Waals surface area (Å²) in [4.78, 5) is 23.6. The summed E-state index contributed by atoms with van der Waals surface area (Å²) in [6.07, 6.45) is 0.0394. The van der Waals surface area contributed by atoms with Gasteiger partial charge in [0, 0.05) is 0 Å². The average molecular weight is 311 g/mol. The van der Waals surface area contributed by atoms with E-state index < -0.39 is 11.5 Å². The molecule has 120 valence electrons. The van der Waals surface area contributed by atoms with Crippen molar-refractivity contribution in [3.05, 3.63) is 70.8 Å². The number of carboxylic acids is 1. The largest absolute Gasteiger partial charge is 0.478 e. The monoisotopic (exact) mass is 311 g/mol. The van der Waals surface area contributed by atoms with Crippen LogP contribution in [-0.4, -0.2) is 17.0 Å². The van der Waals surface area contributed by atoms with E-state index in [2.05, 4.69) is 5.32 Å². The van der Waals surface area contributed by atoms with Crippen LogP contribution in [0.2, 0.25) is 0 Å². The molecule has 0 bridgehead atoms. The Hall–Kier alpha value is -2.62. The van der Waals surface area contributed by atoms with Crippen LogP contribution in [0, 0.1) is 6.92 Å². The summed E-state index contributed by atoms with van der Waals surface area (Å²) < 4.78 is 0. The smallest absolute Gasteiger partial charge is 0.335 e. The minimum atomic E-state index is -1.02. The van der Waals surface area contributed by atoms with Crippen LogP contribution in [-0.2, 0) is 16.8 Å². The quantitative estimate of drug-likeness (QED) is 0.890. The summed E-state index contributed by atoms with van der Waals surface area (Å²) in [5.74, 6) is -1.23. The van der Waals surface area contributed by atoms with E-state index in [1.165, 1.54) is 6.07 Å². The van der Waals surface area contributed by atoms with Crippen LogP contribution in [0.3, 0.4) is 0 Å². The van der Waals surface area contributed by atoms with Gasteiger partial charge in [0.1, 0.15) is 0 Å². The van der Waals surface area contributed by atoms with E-state index in [9.17, 15) is 14.7 Å². The maximum absolute atomic E-state index is 12.4. The highest BCUT2D eigenvalue weighted by Crippen LogP contribution is 2.21. The van der Waals surface area contributed by atoms with Gasteiger partial charge in [0.15, 0.2) is 0 Å². The molecule has 2 aromatic carbocycles. The molecule has 0 aromatic heterocycles. The number of hydrogen-bond acceptors (Lipinski definition) is 2. The Morgan fingerprint density at radius 2 is 1.78 bits per heavy atom. The summed E-state index contributed by atoms with van der Waals surface area (Å²) >= 11 is 0. The molecule has 4 heteroatoms. The van der Waals surface area contributed by atoms with Gasteiger partial charge in [-0.25, -0.2) is 4.79 Å². The van der Waals surface area contributed by atoms with Gasteiger partial charge in [-0.05, 0) is 38.0 Å². The maximum Gasteiger partial charge on any atom is 0.335 e. The zero-order valence-corrected chi connectivity index (χ0v) is 13.6. The van der Waals surface area contributed by atoms with Crippen LogP contribution < -0.4 is 5.32 Å². The highest BCUT2D eigenvalue weighted by molar-refractivity contribution is 5.91. The van der Waals surface area contributed by atoms with E-state index in [0.29, 0.717) is 5.56 Å². The van der Waals surface area contributed by atoms with E-state index in [-0.39, 0.29) is 17.9 Å². The molecule has 0 saturated carbocycles. The van der Waals surface area contributed by atoms with Crippen molar-refractivity contribution in [1.82, 2.24) is 5.32 Å². The molecular weight excluding hydrogens is 290 g/mol. The topological polar surface area (TPSA) is 66.4 Å². The number of nitrogens with one attached hydrogen (secondary N) is 1. The van der Waals surface area contributed by atoms with Gasteiger partial charge in [0.05, 0.1) is 17.5 Å². The van der Waals surface area contributed by atoms with Crippen molar-refractivity contribution in [2.24, 2.45) is 0 Å². The number of aromatic carboxylic acids is 1. The molecule has 0 unspecified atom stereocenters. The third-order valence-corrected chi connectivity index (χ3v) is 3.79. The summed E-state index contributed by atoms with van der Waals surface area (Å²) in [7, 11) is 0. The lowest BCUT2D eigenvalue weighted by molar-refractivity contribution is -0.122. The molecule has 2 aromatic rings. The molecule has 0 atom stereocenters. The van der Waals surface area contributed by atoms with Crippen LogP contribution in [0.25, 0.3) is 0 Å². The Bertz CT molecular complexity index is 735. The van der Waals surface area contributed by atoms with Gasteiger partial charge >= 0.3 is 5.97 Å². The molecule has 0 saturated heterocycles. The summed E-state index contributed by atoms with van der Waals surface area (Å²) in [5, 5.41) is 12.2. The fourth-order valence-corrected chi connectivity index (χ4v) is 2.55. The minimum Gasteiger partial charge on any atom is -0.478 e. The first-order valence-electron chi connectivity index (χ1n) is 7.49. The van der Waals surface area contributed by atoms with Crippen molar-refractivity contribution in [2.75, 3.05) is 0 Å². The summed E-state index contributed by atoms with van der Waals surface area (Å²) in [5.41, 5.74) is 2.29. The van der Waals surface area contributed by atoms with Crippen LogP contribution in [0.1, 0.15) is 40.9 Å². The lowest BCUT2D eigenvalue weighted by atomic mass is 9.92. The van der Waals surface area contributed by atoms with Crippen molar-refractivity contribution in [2.45, 2.75) is 32.7 Å². The SMILES string of the molecule is Cc1cccc(C(C)(C)NC(=O)Cc2ccccc2C(=O)O)c1. The number of carbonyl (C=O) groups excluding carboxylic acids is 1. The number of benzene rings is 2. The first-order chi connectivity index (χ1) is 10.8. The molecule has 0 radical (unpaired) electrons. The Morgan fingerprint density at radius 3 is 2.43 bits per heavy atom. The molecule has 0 heterocycles. The van der Waals surface area contributed by atoms with Crippen molar-refractivity contribution >= 4 is 11.9 Å². The number of amides is 1. The first-order valence-corrected chi connectivity index (χ1v) is 7.49. The zero-order chi connectivity index (χ0) is 17.0. The van der Waals surface area contributed by atoms with E-state index in [1.54, 1.807) is 18.2 Å². The van der Waals surface area contributed by atoms with Crippen LogP contribution in [0.5, 0.6) is 0 Å². The molecule has 4 nitrogen and oxygen atoms in total. The van der Waals surface area contributed by atoms with Gasteiger partial charge in [-0.3, -0.25) is 4.79 Å². The van der Waals surface area contributed by atoms with E-state index in [4.69, 9.17) is 0 Å². The number of carboxylic acid groups (broad SMARTS) is 1. The Morgan fingerprint density at radius 1 is 1.09 bits per heavy atom. The highest BCUT2D eigenvalue weighted by Gasteiger charge is 2.23. The van der Waals surface area contributed by atoms with Crippen molar-refractivity contribution in [3.8, 4) is 0 Å². The number of aryl methyl sites for hydroxylation is 1. The van der Waals surface area contributed by atoms with Gasteiger partial charge in [0.2, 0.25) is 5.91 Å². The van der Waals surface area contributed by atoms with E-state index in [0.717, 1.165) is 11.1 Å². The first kappa shape index (κ1) is 16.7. The second-order valence-corrected chi connectivity index (χ2v) is 6.18. The van der Waals surface area contributed by atoms with Crippen LogP contribution in [0.4, 0.5) is 0 Å². The fraction of sp³-hybridized carbons (Fsp3) is 0.263. The maximum atomic E-state index is 12.4. The molecule has 1 amide bonds. The third-order valence-electron chi connectivity index (χ3n) is 3.79. The van der Waals surface area contributed by atoms with Gasteiger partial charge in [-0.2, -0.15) is 0 Å². The molecule has 0 aliphatic heterocycles. The van der Waals surface area contributed by atoms with Gasteiger partial charge in [0.25, 0.3) is 0 Å². The molecule has 0 fully saturated rings. The summed E-state index contributed by atoms with van der Waals surface area (Å²) in [6, 6.07) is 14.5. The molecule has 2 rings (SSSR count). The van der Waals surface area contributed by atoms with Gasteiger partial charge in [-0.15, -0.1) is 0 Å². The number of carbonyl (C=O) groups is 2. The highest BCUT2D eigenvalue weighted by atomic mass is 16.4. The van der Waals surface area contributed by atoms with E-state index >= 15 is 0 Å². The van der Waals surface area contributed by atoms with Gasteiger partial charge in [-0.1, -0.05) is 48.0 Å². The van der Waals surface area contributed by atoms with Crippen molar-refractivity contribution in [1.29, 1.82) is 0 Å². The second kappa shape index (κ2) is 6.65. The average Bonchev–Trinajstić information content (AvgIpc) is 2.47. The Balaban J connectivity index is 2.15. The lowest BCUT2D eigenvalue weighted by Crippen LogP contribution is -2.41. The molecule has 0 spiro atoms. The Kier molecular flexibility index (Phi) is 4.84. The third kappa shape index (κ3) is 4.19. The van der Waals surface area contributed by atoms with Crippen molar-refractivity contribution < 1.29 is 14.7 Å². The Labute approximate surface area is 136 Å². The van der Waals surface area contributed by atoms with Crippen molar-refractivity contribution in [3.63, 3.8) is 0 Å². The fourth-order valence-electron chi connectivity index (χ4n) is 2.55. The molecule has 0 aliphatic rings. The second-order valence-electron chi connectivity index (χ2n) is 6.18. The zero-order valence-electron chi connectivity index (χ0n) is 13.6. The van der Waals surface area contributed by atoms with Gasteiger partial charge < -0.3 is 10.4 Å². The normalized spacial score (nSPS) is 11.1. The number of hydrogen-bond donors (Lipinski definition) is 2.